The summed E-state index contributed by atoms with van der Waals surface area (Å²) in [5, 5.41) is 0. The lowest BCUT2D eigenvalue weighted by Gasteiger charge is -2.12. The van der Waals surface area contributed by atoms with Crippen LogP contribution in [-0.2, 0) is 14.6 Å². The van der Waals surface area contributed by atoms with E-state index in [0.29, 0.717) is 15.8 Å². The van der Waals surface area contributed by atoms with Crippen molar-refractivity contribution in [3.63, 3.8) is 0 Å². The number of nitrogens with zero attached hydrogens (tertiary/aromatic N) is 1. The van der Waals surface area contributed by atoms with Gasteiger partial charge in [0.05, 0.1) is 15.9 Å². The number of carbonyl (C=O) groups excluding carboxylic acids is 1. The third-order valence-electron chi connectivity index (χ3n) is 3.05. The maximum atomic E-state index is 11.8. The molecule has 3 N–H and O–H groups in total. The van der Waals surface area contributed by atoms with Crippen molar-refractivity contribution in [2.24, 2.45) is 5.73 Å². The monoisotopic (exact) mass is 313 g/mol. The van der Waals surface area contributed by atoms with Crippen molar-refractivity contribution in [2.45, 2.75) is 24.3 Å². The number of hydrogen-bond acceptors (Lipinski definition) is 4. The first kappa shape index (κ1) is 14.7. The SMILES string of the molecule is CC(CC(N)=O)n1c(=S)[nH]c2c(S(C)(=O)=O)cccc21. The number of sulfone groups is 1. The number of imidazole rings is 1. The Morgan fingerprint density at radius 3 is 2.70 bits per heavy atom. The minimum Gasteiger partial charge on any atom is -0.370 e. The van der Waals surface area contributed by atoms with Gasteiger partial charge >= 0.3 is 0 Å². The second kappa shape index (κ2) is 5.02. The minimum absolute atomic E-state index is 0.129. The molecule has 0 spiro atoms. The van der Waals surface area contributed by atoms with Gasteiger partial charge in [0.2, 0.25) is 5.91 Å². The number of H-pyrrole nitrogens is 1. The van der Waals surface area contributed by atoms with E-state index in [9.17, 15) is 13.2 Å². The van der Waals surface area contributed by atoms with Crippen LogP contribution in [0.4, 0.5) is 0 Å². The van der Waals surface area contributed by atoms with Crippen LogP contribution in [0.5, 0.6) is 0 Å². The minimum atomic E-state index is -3.36. The summed E-state index contributed by atoms with van der Waals surface area (Å²) in [6.07, 6.45) is 1.27. The van der Waals surface area contributed by atoms with Crippen LogP contribution in [0.3, 0.4) is 0 Å². The zero-order chi connectivity index (χ0) is 15.1. The van der Waals surface area contributed by atoms with Crippen LogP contribution in [-0.4, -0.2) is 30.1 Å². The molecule has 1 amide bonds. The average molecular weight is 313 g/mol. The summed E-state index contributed by atoms with van der Waals surface area (Å²) in [7, 11) is -3.36. The second-order valence-electron chi connectivity index (χ2n) is 4.74. The van der Waals surface area contributed by atoms with Crippen LogP contribution >= 0.6 is 12.2 Å². The highest BCUT2D eigenvalue weighted by molar-refractivity contribution is 7.91. The number of nitrogens with one attached hydrogen (secondary N) is 1. The third-order valence-corrected chi connectivity index (χ3v) is 4.49. The van der Waals surface area contributed by atoms with E-state index in [1.54, 1.807) is 23.6 Å². The summed E-state index contributed by atoms with van der Waals surface area (Å²) in [6.45, 7) is 1.81. The summed E-state index contributed by atoms with van der Waals surface area (Å²) in [4.78, 5) is 14.1. The zero-order valence-corrected chi connectivity index (χ0v) is 12.7. The maximum Gasteiger partial charge on any atom is 0.219 e. The highest BCUT2D eigenvalue weighted by Gasteiger charge is 2.18. The lowest BCUT2D eigenvalue weighted by molar-refractivity contribution is -0.118. The molecule has 6 nitrogen and oxygen atoms in total. The number of carbonyl (C=O) groups is 1. The van der Waals surface area contributed by atoms with E-state index in [1.807, 2.05) is 0 Å². The first-order valence-electron chi connectivity index (χ1n) is 5.93. The summed E-state index contributed by atoms with van der Waals surface area (Å²) < 4.78 is 25.6. The number of para-hydroxylation sites is 1. The zero-order valence-electron chi connectivity index (χ0n) is 11.1. The molecule has 2 rings (SSSR count). The Hall–Kier alpha value is -1.67. The predicted molar refractivity (Wildman–Crippen MR) is 78.8 cm³/mol. The van der Waals surface area contributed by atoms with Gasteiger partial charge in [-0.3, -0.25) is 4.79 Å². The number of amides is 1. The molecule has 1 atom stereocenters. The molecule has 0 fully saturated rings. The van der Waals surface area contributed by atoms with E-state index >= 15 is 0 Å². The van der Waals surface area contributed by atoms with Crippen LogP contribution in [0, 0.1) is 4.77 Å². The molecule has 1 heterocycles. The van der Waals surface area contributed by atoms with Gasteiger partial charge in [0.15, 0.2) is 14.6 Å². The van der Waals surface area contributed by atoms with Gasteiger partial charge in [0.25, 0.3) is 0 Å². The normalized spacial score (nSPS) is 13.5. The van der Waals surface area contributed by atoms with Gasteiger partial charge in [0.1, 0.15) is 0 Å². The van der Waals surface area contributed by atoms with Crippen LogP contribution in [0.1, 0.15) is 19.4 Å². The van der Waals surface area contributed by atoms with Crippen molar-refractivity contribution in [1.29, 1.82) is 0 Å². The molecule has 1 aromatic heterocycles. The van der Waals surface area contributed by atoms with Gasteiger partial charge in [-0.15, -0.1) is 0 Å². The molecule has 0 saturated carbocycles. The number of fused-ring (bicyclic) bond motifs is 1. The van der Waals surface area contributed by atoms with Gasteiger partial charge < -0.3 is 15.3 Å². The Bertz CT molecular complexity index is 833. The molecule has 20 heavy (non-hydrogen) atoms. The first-order chi connectivity index (χ1) is 9.21. The quantitative estimate of drug-likeness (QED) is 0.836. The molecule has 1 aromatic carbocycles. The lowest BCUT2D eigenvalue weighted by Crippen LogP contribution is -2.17. The van der Waals surface area contributed by atoms with E-state index in [-0.39, 0.29) is 17.4 Å². The molecule has 1 unspecified atom stereocenters. The van der Waals surface area contributed by atoms with Gasteiger partial charge in [-0.2, -0.15) is 0 Å². The summed E-state index contributed by atoms with van der Waals surface area (Å²) >= 11 is 5.22. The third kappa shape index (κ3) is 2.61. The van der Waals surface area contributed by atoms with E-state index in [4.69, 9.17) is 18.0 Å². The molecule has 0 radical (unpaired) electrons. The number of hydrogen-bond donors (Lipinski definition) is 2. The molecule has 0 bridgehead atoms. The Labute approximate surface area is 121 Å². The predicted octanol–water partition coefficient (Wildman–Crippen LogP) is 1.54. The van der Waals surface area contributed by atoms with Gasteiger partial charge in [-0.1, -0.05) is 6.07 Å². The largest absolute Gasteiger partial charge is 0.370 e. The standard InChI is InChI=1S/C12H15N3O3S2/c1-7(6-10(13)16)15-8-4-3-5-9(20(2,17)18)11(8)14-12(15)19/h3-5,7H,6H2,1-2H3,(H2,13,16)(H,14,19). The Kier molecular flexibility index (Phi) is 3.70. The van der Waals surface area contributed by atoms with E-state index in [0.717, 1.165) is 6.26 Å². The molecule has 2 aromatic rings. The fraction of sp³-hybridized carbons (Fsp3) is 0.333. The molecule has 0 aliphatic rings. The fourth-order valence-electron chi connectivity index (χ4n) is 2.25. The fourth-order valence-corrected chi connectivity index (χ4v) is 3.48. The van der Waals surface area contributed by atoms with E-state index in [1.165, 1.54) is 6.07 Å². The average Bonchev–Trinajstić information content (AvgIpc) is 2.61. The van der Waals surface area contributed by atoms with Crippen LogP contribution in [0.2, 0.25) is 0 Å². The second-order valence-corrected chi connectivity index (χ2v) is 7.11. The van der Waals surface area contributed by atoms with E-state index in [2.05, 4.69) is 4.98 Å². The molecular weight excluding hydrogens is 298 g/mol. The van der Waals surface area contributed by atoms with Crippen molar-refractivity contribution in [3.8, 4) is 0 Å². The number of primary amides is 1. The highest BCUT2D eigenvalue weighted by Crippen LogP contribution is 2.26. The van der Waals surface area contributed by atoms with Crippen LogP contribution in [0.25, 0.3) is 11.0 Å². The smallest absolute Gasteiger partial charge is 0.219 e. The highest BCUT2D eigenvalue weighted by atomic mass is 32.2. The molecule has 0 saturated heterocycles. The van der Waals surface area contributed by atoms with Crippen LogP contribution in [0.15, 0.2) is 23.1 Å². The number of aromatic amines is 1. The number of benzene rings is 1. The molecular formula is C12H15N3O3S2. The van der Waals surface area contributed by atoms with Crippen LogP contribution < -0.4 is 5.73 Å². The Balaban J connectivity index is 2.74. The Morgan fingerprint density at radius 2 is 2.15 bits per heavy atom. The van der Waals surface area contributed by atoms with E-state index < -0.39 is 15.7 Å². The van der Waals surface area contributed by atoms with Crippen molar-refractivity contribution in [2.75, 3.05) is 6.26 Å². The molecule has 108 valence electrons. The van der Waals surface area contributed by atoms with Gasteiger partial charge in [0, 0.05) is 18.7 Å². The van der Waals surface area contributed by atoms with Gasteiger partial charge in [-0.25, -0.2) is 8.42 Å². The van der Waals surface area contributed by atoms with Crippen molar-refractivity contribution < 1.29 is 13.2 Å². The topological polar surface area (TPSA) is 97.9 Å². The number of aromatic nitrogens is 2. The van der Waals surface area contributed by atoms with Crippen molar-refractivity contribution in [1.82, 2.24) is 9.55 Å². The molecule has 0 aliphatic carbocycles. The first-order valence-corrected chi connectivity index (χ1v) is 8.23. The van der Waals surface area contributed by atoms with Gasteiger partial charge in [-0.05, 0) is 31.3 Å². The Morgan fingerprint density at radius 1 is 1.50 bits per heavy atom. The maximum absolute atomic E-state index is 11.8. The van der Waals surface area contributed by atoms with Crippen molar-refractivity contribution in [3.05, 3.63) is 23.0 Å². The summed E-state index contributed by atoms with van der Waals surface area (Å²) in [5.41, 5.74) is 6.30. The number of rotatable bonds is 4. The summed E-state index contributed by atoms with van der Waals surface area (Å²) in [5.74, 6) is -0.437. The molecule has 0 aliphatic heterocycles. The van der Waals surface area contributed by atoms with Crippen molar-refractivity contribution >= 4 is 39.0 Å². The lowest BCUT2D eigenvalue weighted by atomic mass is 10.2. The summed E-state index contributed by atoms with van der Waals surface area (Å²) in [6, 6.07) is 4.68. The number of nitrogens with two attached hydrogens (primary N) is 1. The molecule has 8 heteroatoms.